The Hall–Kier alpha value is -2.02. The van der Waals surface area contributed by atoms with Gasteiger partial charge < -0.3 is 10.6 Å². The lowest BCUT2D eigenvalue weighted by Crippen LogP contribution is -2.49. The molecule has 2 N–H and O–H groups in total. The van der Waals surface area contributed by atoms with Crippen molar-refractivity contribution in [3.63, 3.8) is 0 Å². The topological polar surface area (TPSA) is 89.5 Å². The fraction of sp³-hybridized carbons (Fsp3) is 0.500. The number of amides is 1. The molecule has 6 nitrogen and oxygen atoms in total. The number of hydrogen-bond acceptors (Lipinski definition) is 4. The van der Waals surface area contributed by atoms with Gasteiger partial charge >= 0.3 is 0 Å². The Labute approximate surface area is 121 Å². The van der Waals surface area contributed by atoms with Gasteiger partial charge in [-0.1, -0.05) is 6.92 Å². The van der Waals surface area contributed by atoms with Crippen molar-refractivity contribution in [2.75, 3.05) is 13.1 Å². The lowest BCUT2D eigenvalue weighted by atomic mass is 9.91. The van der Waals surface area contributed by atoms with Crippen molar-refractivity contribution in [1.82, 2.24) is 4.90 Å². The summed E-state index contributed by atoms with van der Waals surface area (Å²) in [7, 11) is 0. The van der Waals surface area contributed by atoms with Gasteiger partial charge in [0.15, 0.2) is 0 Å². The molecule has 1 aliphatic heterocycles. The van der Waals surface area contributed by atoms with E-state index in [0.717, 1.165) is 25.0 Å². The molecule has 1 aromatic carbocycles. The van der Waals surface area contributed by atoms with Gasteiger partial charge in [0.25, 0.3) is 11.6 Å². The Morgan fingerprint density at radius 3 is 2.90 bits per heavy atom. The molecule has 7 heteroatoms. The summed E-state index contributed by atoms with van der Waals surface area (Å²) in [6, 6.07) is 2.87. The SMILES string of the molecule is CC1CCN(C(=O)c2ccc(F)cc2[N+](=O)[O-])C(CN)C1. The molecule has 2 unspecified atom stereocenters. The Kier molecular flexibility index (Phi) is 4.52. The number of likely N-dealkylation sites (tertiary alicyclic amines) is 1. The summed E-state index contributed by atoms with van der Waals surface area (Å²) in [5, 5.41) is 11.0. The van der Waals surface area contributed by atoms with Gasteiger partial charge in [-0.3, -0.25) is 14.9 Å². The highest BCUT2D eigenvalue weighted by Gasteiger charge is 2.32. The molecule has 0 radical (unpaired) electrons. The molecule has 2 atom stereocenters. The zero-order valence-corrected chi connectivity index (χ0v) is 11.8. The molecule has 21 heavy (non-hydrogen) atoms. The van der Waals surface area contributed by atoms with Crippen LogP contribution in [0.5, 0.6) is 0 Å². The first-order chi connectivity index (χ1) is 9.93. The van der Waals surface area contributed by atoms with Crippen LogP contribution in [0.2, 0.25) is 0 Å². The number of carbonyl (C=O) groups excluding carboxylic acids is 1. The molecule has 1 heterocycles. The third-order valence-corrected chi connectivity index (χ3v) is 3.90. The van der Waals surface area contributed by atoms with Crippen molar-refractivity contribution in [3.8, 4) is 0 Å². The van der Waals surface area contributed by atoms with E-state index in [-0.39, 0.29) is 11.6 Å². The summed E-state index contributed by atoms with van der Waals surface area (Å²) in [5.41, 5.74) is 5.11. The third-order valence-electron chi connectivity index (χ3n) is 3.90. The van der Waals surface area contributed by atoms with Gasteiger partial charge in [0, 0.05) is 19.1 Å². The standard InChI is InChI=1S/C14H18FN3O3/c1-9-4-5-17(11(6-9)8-16)14(19)12-3-2-10(15)7-13(12)18(20)21/h2-3,7,9,11H,4-6,8,16H2,1H3. The third kappa shape index (κ3) is 3.18. The van der Waals surface area contributed by atoms with Gasteiger partial charge in [-0.2, -0.15) is 0 Å². The van der Waals surface area contributed by atoms with Crippen LogP contribution in [0.15, 0.2) is 18.2 Å². The molecule has 0 spiro atoms. The maximum Gasteiger partial charge on any atom is 0.285 e. The quantitative estimate of drug-likeness (QED) is 0.681. The smallest absolute Gasteiger partial charge is 0.285 e. The molecule has 1 aliphatic rings. The molecular weight excluding hydrogens is 277 g/mol. The van der Waals surface area contributed by atoms with E-state index in [1.165, 1.54) is 6.07 Å². The van der Waals surface area contributed by atoms with Crippen molar-refractivity contribution >= 4 is 11.6 Å². The summed E-state index contributed by atoms with van der Waals surface area (Å²) in [6.07, 6.45) is 1.61. The minimum atomic E-state index is -0.736. The highest BCUT2D eigenvalue weighted by Crippen LogP contribution is 2.27. The van der Waals surface area contributed by atoms with Crippen LogP contribution in [-0.4, -0.2) is 34.9 Å². The minimum absolute atomic E-state index is 0.0885. The molecule has 1 saturated heterocycles. The number of rotatable bonds is 3. The van der Waals surface area contributed by atoms with Gasteiger partial charge in [0.05, 0.1) is 11.0 Å². The van der Waals surface area contributed by atoms with Gasteiger partial charge in [0.2, 0.25) is 0 Å². The molecule has 1 aromatic rings. The van der Waals surface area contributed by atoms with Gasteiger partial charge in [0.1, 0.15) is 11.4 Å². The number of nitrogens with two attached hydrogens (primary N) is 1. The average molecular weight is 295 g/mol. The van der Waals surface area contributed by atoms with Gasteiger partial charge in [-0.05, 0) is 30.9 Å². The van der Waals surface area contributed by atoms with Crippen molar-refractivity contribution in [2.24, 2.45) is 11.7 Å². The number of hydrogen-bond donors (Lipinski definition) is 1. The fourth-order valence-corrected chi connectivity index (χ4v) is 2.73. The minimum Gasteiger partial charge on any atom is -0.334 e. The van der Waals surface area contributed by atoms with Crippen LogP contribution in [0.1, 0.15) is 30.1 Å². The Morgan fingerprint density at radius 2 is 2.29 bits per heavy atom. The van der Waals surface area contributed by atoms with Crippen molar-refractivity contribution in [3.05, 3.63) is 39.7 Å². The van der Waals surface area contributed by atoms with Crippen LogP contribution in [0, 0.1) is 21.8 Å². The normalized spacial score (nSPS) is 22.1. The second-order valence-electron chi connectivity index (χ2n) is 5.44. The number of halogens is 1. The summed E-state index contributed by atoms with van der Waals surface area (Å²) < 4.78 is 13.2. The van der Waals surface area contributed by atoms with E-state index < -0.39 is 22.3 Å². The first kappa shape index (κ1) is 15.4. The van der Waals surface area contributed by atoms with Gasteiger partial charge in [-0.25, -0.2) is 4.39 Å². The zero-order chi connectivity index (χ0) is 15.6. The maximum atomic E-state index is 13.2. The Balaban J connectivity index is 2.33. The first-order valence-corrected chi connectivity index (χ1v) is 6.89. The molecular formula is C14H18FN3O3. The van der Waals surface area contributed by atoms with Crippen LogP contribution in [0.4, 0.5) is 10.1 Å². The average Bonchev–Trinajstić information content (AvgIpc) is 2.46. The molecule has 114 valence electrons. The number of nitro benzene ring substituents is 1. The Morgan fingerprint density at radius 1 is 1.57 bits per heavy atom. The second kappa shape index (κ2) is 6.17. The van der Waals surface area contributed by atoms with E-state index >= 15 is 0 Å². The second-order valence-corrected chi connectivity index (χ2v) is 5.44. The van der Waals surface area contributed by atoms with E-state index in [2.05, 4.69) is 6.92 Å². The molecule has 1 fully saturated rings. The number of nitro groups is 1. The summed E-state index contributed by atoms with van der Waals surface area (Å²) in [4.78, 5) is 24.4. The van der Waals surface area contributed by atoms with Crippen LogP contribution in [0.3, 0.4) is 0 Å². The maximum absolute atomic E-state index is 13.2. The number of carbonyl (C=O) groups is 1. The van der Waals surface area contributed by atoms with Crippen molar-refractivity contribution in [1.29, 1.82) is 0 Å². The highest BCUT2D eigenvalue weighted by molar-refractivity contribution is 5.98. The largest absolute Gasteiger partial charge is 0.334 e. The lowest BCUT2D eigenvalue weighted by Gasteiger charge is -2.37. The monoisotopic (exact) mass is 295 g/mol. The summed E-state index contributed by atoms with van der Waals surface area (Å²) in [6.45, 7) is 2.91. The molecule has 0 saturated carbocycles. The lowest BCUT2D eigenvalue weighted by molar-refractivity contribution is -0.385. The summed E-state index contributed by atoms with van der Waals surface area (Å²) >= 11 is 0. The van der Waals surface area contributed by atoms with Crippen LogP contribution >= 0.6 is 0 Å². The van der Waals surface area contributed by atoms with E-state index in [0.29, 0.717) is 19.0 Å². The van der Waals surface area contributed by atoms with Crippen molar-refractivity contribution < 1.29 is 14.1 Å². The molecule has 0 bridgehead atoms. The van der Waals surface area contributed by atoms with E-state index in [4.69, 9.17) is 5.73 Å². The van der Waals surface area contributed by atoms with Crippen molar-refractivity contribution in [2.45, 2.75) is 25.8 Å². The van der Waals surface area contributed by atoms with Gasteiger partial charge in [-0.15, -0.1) is 0 Å². The van der Waals surface area contributed by atoms with Crippen LogP contribution in [-0.2, 0) is 0 Å². The molecule has 2 rings (SSSR count). The predicted molar refractivity (Wildman–Crippen MR) is 75.3 cm³/mol. The van der Waals surface area contributed by atoms with E-state index in [1.807, 2.05) is 0 Å². The molecule has 0 aliphatic carbocycles. The predicted octanol–water partition coefficient (Wildman–Crippen LogP) is 1.93. The number of benzene rings is 1. The zero-order valence-electron chi connectivity index (χ0n) is 11.8. The molecule has 1 amide bonds. The first-order valence-electron chi connectivity index (χ1n) is 6.89. The van der Waals surface area contributed by atoms with Crippen LogP contribution < -0.4 is 5.73 Å². The fourth-order valence-electron chi connectivity index (χ4n) is 2.73. The highest BCUT2D eigenvalue weighted by atomic mass is 19.1. The van der Waals surface area contributed by atoms with E-state index in [1.54, 1.807) is 4.90 Å². The van der Waals surface area contributed by atoms with E-state index in [9.17, 15) is 19.3 Å². The molecule has 0 aromatic heterocycles. The number of piperidine rings is 1. The summed E-state index contributed by atoms with van der Waals surface area (Å²) in [5.74, 6) is -0.726. The number of nitrogens with zero attached hydrogens (tertiary/aromatic N) is 2. The van der Waals surface area contributed by atoms with Crippen LogP contribution in [0.25, 0.3) is 0 Å². The Bertz CT molecular complexity index is 564.